The molecule has 15 heavy (non-hydrogen) atoms. The number of aromatic nitrogens is 3. The summed E-state index contributed by atoms with van der Waals surface area (Å²) in [7, 11) is 0. The average molecular weight is 207 g/mol. The van der Waals surface area contributed by atoms with Gasteiger partial charge in [0.25, 0.3) is 0 Å². The topological polar surface area (TPSA) is 59.5 Å². The van der Waals surface area contributed by atoms with Crippen LogP contribution in [0.1, 0.15) is 30.1 Å². The Morgan fingerprint density at radius 2 is 2.33 bits per heavy atom. The number of carboxylic acid groups (broad SMARTS) is 1. The van der Waals surface area contributed by atoms with Crippen molar-refractivity contribution in [1.29, 1.82) is 0 Å². The molecule has 0 fully saturated rings. The van der Waals surface area contributed by atoms with E-state index in [1.807, 2.05) is 10.8 Å². The normalized spacial score (nSPS) is 11.0. The Morgan fingerprint density at radius 1 is 1.53 bits per heavy atom. The Hall–Kier alpha value is -1.78. The average Bonchev–Trinajstić information content (AvgIpc) is 2.74. The minimum atomic E-state index is -0.929. The molecular formula is C10H13N3O2. The second-order valence-electron chi connectivity index (χ2n) is 3.48. The maximum atomic E-state index is 10.9. The molecule has 0 amide bonds. The molecule has 2 heterocycles. The molecule has 0 atom stereocenters. The van der Waals surface area contributed by atoms with Gasteiger partial charge in [-0.2, -0.15) is 5.10 Å². The third-order valence-electron chi connectivity index (χ3n) is 2.41. The van der Waals surface area contributed by atoms with Crippen LogP contribution in [0, 0.1) is 0 Å². The predicted molar refractivity (Wildman–Crippen MR) is 55.0 cm³/mol. The van der Waals surface area contributed by atoms with Crippen LogP contribution in [0.25, 0.3) is 5.65 Å². The highest BCUT2D eigenvalue weighted by atomic mass is 16.4. The molecule has 0 radical (unpaired) electrons. The number of nitrogens with zero attached hydrogens (tertiary/aromatic N) is 3. The standard InChI is InChI=1S/C10H13N3O2/c1-2-3-4-12-5-6-13-9(12)8(7-11-13)10(14)15/h5-7H,2-4H2,1H3,(H,14,15). The molecule has 2 aromatic rings. The monoisotopic (exact) mass is 207 g/mol. The first-order chi connectivity index (χ1) is 7.24. The van der Waals surface area contributed by atoms with Crippen molar-refractivity contribution in [3.05, 3.63) is 24.2 Å². The number of fused-ring (bicyclic) bond motifs is 1. The highest BCUT2D eigenvalue weighted by molar-refractivity contribution is 5.94. The van der Waals surface area contributed by atoms with Crippen molar-refractivity contribution in [3.63, 3.8) is 0 Å². The number of aryl methyl sites for hydroxylation is 1. The zero-order valence-electron chi connectivity index (χ0n) is 8.55. The lowest BCUT2D eigenvalue weighted by molar-refractivity contribution is 0.0698. The predicted octanol–water partition coefficient (Wildman–Crippen LogP) is 1.63. The molecule has 0 aliphatic carbocycles. The van der Waals surface area contributed by atoms with Crippen LogP contribution in [0.4, 0.5) is 0 Å². The lowest BCUT2D eigenvalue weighted by Gasteiger charge is -2.01. The first-order valence-electron chi connectivity index (χ1n) is 4.99. The smallest absolute Gasteiger partial charge is 0.341 e. The number of hydrogen-bond donors (Lipinski definition) is 1. The lowest BCUT2D eigenvalue weighted by atomic mass is 10.3. The molecule has 0 saturated carbocycles. The van der Waals surface area contributed by atoms with E-state index in [1.54, 1.807) is 10.7 Å². The Bertz CT molecular complexity index is 484. The molecule has 0 spiro atoms. The number of aromatic carboxylic acids is 1. The van der Waals surface area contributed by atoms with E-state index in [1.165, 1.54) is 6.20 Å². The molecule has 0 aromatic carbocycles. The van der Waals surface area contributed by atoms with E-state index in [0.29, 0.717) is 5.65 Å². The molecule has 0 saturated heterocycles. The third kappa shape index (κ3) is 1.60. The molecule has 1 N–H and O–H groups in total. The van der Waals surface area contributed by atoms with E-state index >= 15 is 0 Å². The molecular weight excluding hydrogens is 194 g/mol. The number of unbranched alkanes of at least 4 members (excludes halogenated alkanes) is 1. The minimum absolute atomic E-state index is 0.260. The maximum absolute atomic E-state index is 10.9. The fourth-order valence-electron chi connectivity index (χ4n) is 1.63. The van der Waals surface area contributed by atoms with Crippen LogP contribution in [-0.4, -0.2) is 25.3 Å². The lowest BCUT2D eigenvalue weighted by Crippen LogP contribution is -2.02. The summed E-state index contributed by atoms with van der Waals surface area (Å²) in [5, 5.41) is 13.0. The van der Waals surface area contributed by atoms with Crippen LogP contribution in [0.3, 0.4) is 0 Å². The zero-order valence-corrected chi connectivity index (χ0v) is 8.55. The molecule has 5 nitrogen and oxygen atoms in total. The van der Waals surface area contributed by atoms with Crippen LogP contribution in [0.5, 0.6) is 0 Å². The van der Waals surface area contributed by atoms with Crippen molar-refractivity contribution in [3.8, 4) is 0 Å². The number of carboxylic acids is 1. The largest absolute Gasteiger partial charge is 0.477 e. The summed E-state index contributed by atoms with van der Waals surface area (Å²) in [6.45, 7) is 2.94. The van der Waals surface area contributed by atoms with Gasteiger partial charge in [-0.15, -0.1) is 0 Å². The molecule has 0 aliphatic heterocycles. The summed E-state index contributed by atoms with van der Waals surface area (Å²) in [5.74, 6) is -0.929. The van der Waals surface area contributed by atoms with Gasteiger partial charge in [0.1, 0.15) is 11.2 Å². The Morgan fingerprint density at radius 3 is 3.00 bits per heavy atom. The fourth-order valence-corrected chi connectivity index (χ4v) is 1.63. The van der Waals surface area contributed by atoms with E-state index < -0.39 is 5.97 Å². The van der Waals surface area contributed by atoms with Crippen LogP contribution in [-0.2, 0) is 6.54 Å². The van der Waals surface area contributed by atoms with Gasteiger partial charge in [-0.05, 0) is 6.42 Å². The summed E-state index contributed by atoms with van der Waals surface area (Å²) in [6, 6.07) is 0. The maximum Gasteiger partial charge on any atom is 0.341 e. The van der Waals surface area contributed by atoms with Gasteiger partial charge in [0.15, 0.2) is 0 Å². The SMILES string of the molecule is CCCCn1ccn2ncc(C(=O)O)c12. The van der Waals surface area contributed by atoms with E-state index in [-0.39, 0.29) is 5.56 Å². The van der Waals surface area contributed by atoms with Gasteiger partial charge in [-0.25, -0.2) is 9.31 Å². The molecule has 0 bridgehead atoms. The van der Waals surface area contributed by atoms with Gasteiger partial charge in [-0.1, -0.05) is 13.3 Å². The van der Waals surface area contributed by atoms with Crippen LogP contribution in [0.15, 0.2) is 18.6 Å². The van der Waals surface area contributed by atoms with E-state index in [2.05, 4.69) is 12.0 Å². The minimum Gasteiger partial charge on any atom is -0.477 e. The van der Waals surface area contributed by atoms with Gasteiger partial charge in [-0.3, -0.25) is 0 Å². The molecule has 80 valence electrons. The summed E-state index contributed by atoms with van der Waals surface area (Å²) in [6.07, 6.45) is 7.15. The fraction of sp³-hybridized carbons (Fsp3) is 0.400. The quantitative estimate of drug-likeness (QED) is 0.829. The third-order valence-corrected chi connectivity index (χ3v) is 2.41. The summed E-state index contributed by atoms with van der Waals surface area (Å²) >= 11 is 0. The number of imidazole rings is 1. The van der Waals surface area contributed by atoms with Crippen LogP contribution < -0.4 is 0 Å². The van der Waals surface area contributed by atoms with Gasteiger partial charge in [0, 0.05) is 18.9 Å². The Labute approximate surface area is 86.9 Å². The van der Waals surface area contributed by atoms with Gasteiger partial charge in [0.05, 0.1) is 6.20 Å². The summed E-state index contributed by atoms with van der Waals surface area (Å²) in [5.41, 5.74) is 0.923. The van der Waals surface area contributed by atoms with Crippen LogP contribution in [0.2, 0.25) is 0 Å². The number of hydrogen-bond acceptors (Lipinski definition) is 2. The highest BCUT2D eigenvalue weighted by Gasteiger charge is 2.14. The molecule has 0 unspecified atom stereocenters. The summed E-state index contributed by atoms with van der Waals surface area (Å²) < 4.78 is 3.53. The molecule has 2 rings (SSSR count). The van der Waals surface area contributed by atoms with E-state index in [4.69, 9.17) is 5.11 Å². The van der Waals surface area contributed by atoms with Gasteiger partial charge < -0.3 is 9.67 Å². The zero-order chi connectivity index (χ0) is 10.8. The first-order valence-corrected chi connectivity index (χ1v) is 4.99. The van der Waals surface area contributed by atoms with Crippen molar-refractivity contribution >= 4 is 11.6 Å². The molecule has 0 aliphatic rings. The van der Waals surface area contributed by atoms with Crippen molar-refractivity contribution < 1.29 is 9.90 Å². The summed E-state index contributed by atoms with van der Waals surface area (Å²) in [4.78, 5) is 10.9. The first kappa shape index (κ1) is 9.76. The van der Waals surface area contributed by atoms with Crippen LogP contribution >= 0.6 is 0 Å². The van der Waals surface area contributed by atoms with Crippen molar-refractivity contribution in [2.24, 2.45) is 0 Å². The molecule has 2 aromatic heterocycles. The highest BCUT2D eigenvalue weighted by Crippen LogP contribution is 2.12. The second-order valence-corrected chi connectivity index (χ2v) is 3.48. The van der Waals surface area contributed by atoms with Crippen molar-refractivity contribution in [2.45, 2.75) is 26.3 Å². The van der Waals surface area contributed by atoms with Gasteiger partial charge >= 0.3 is 5.97 Å². The van der Waals surface area contributed by atoms with E-state index in [9.17, 15) is 4.79 Å². The van der Waals surface area contributed by atoms with Crippen molar-refractivity contribution in [2.75, 3.05) is 0 Å². The Kier molecular flexibility index (Phi) is 2.45. The molecule has 5 heteroatoms. The van der Waals surface area contributed by atoms with E-state index in [0.717, 1.165) is 19.4 Å². The van der Waals surface area contributed by atoms with Gasteiger partial charge in [0.2, 0.25) is 0 Å². The number of rotatable bonds is 4. The second kappa shape index (κ2) is 3.76. The van der Waals surface area contributed by atoms with Crippen molar-refractivity contribution in [1.82, 2.24) is 14.2 Å². The Balaban J connectivity index is 2.45. The number of carbonyl (C=O) groups is 1.